The normalized spacial score (nSPS) is 10.4. The van der Waals surface area contributed by atoms with Crippen molar-refractivity contribution in [3.8, 4) is 5.75 Å². The van der Waals surface area contributed by atoms with Crippen molar-refractivity contribution in [3.63, 3.8) is 0 Å². The third-order valence-electron chi connectivity index (χ3n) is 4.02. The lowest BCUT2D eigenvalue weighted by atomic mass is 10.1. The molecule has 2 aromatic rings. The van der Waals surface area contributed by atoms with E-state index in [-0.39, 0.29) is 5.97 Å². The molecule has 0 atom stereocenters. The van der Waals surface area contributed by atoms with Gasteiger partial charge in [-0.1, -0.05) is 22.0 Å². The quantitative estimate of drug-likeness (QED) is 0.488. The van der Waals surface area contributed by atoms with Crippen LogP contribution in [0.25, 0.3) is 0 Å². The van der Waals surface area contributed by atoms with E-state index in [4.69, 9.17) is 9.47 Å². The third-order valence-corrected chi connectivity index (χ3v) is 4.51. The van der Waals surface area contributed by atoms with Crippen LogP contribution in [0.3, 0.4) is 0 Å². The number of nitrogens with one attached hydrogen (secondary N) is 1. The standard InChI is InChI=1S/C20H24BrNO3/c1-14-6-8-17(12-15(14)2)25-11-5-4-10-22-19-9-7-16(21)13-18(19)20(23)24-3/h6-9,12-13,22H,4-5,10-11H2,1-3H3. The Kier molecular flexibility index (Phi) is 7.31. The highest BCUT2D eigenvalue weighted by Gasteiger charge is 2.11. The minimum absolute atomic E-state index is 0.345. The number of unbranched alkanes of at least 4 members (excludes halogenated alkanes) is 1. The zero-order valence-electron chi connectivity index (χ0n) is 14.9. The van der Waals surface area contributed by atoms with Gasteiger partial charge >= 0.3 is 5.97 Å². The number of ether oxygens (including phenoxy) is 2. The van der Waals surface area contributed by atoms with E-state index >= 15 is 0 Å². The van der Waals surface area contributed by atoms with Gasteiger partial charge in [0.2, 0.25) is 0 Å². The number of hydrogen-bond donors (Lipinski definition) is 1. The average Bonchev–Trinajstić information content (AvgIpc) is 2.61. The molecular formula is C20H24BrNO3. The predicted molar refractivity (Wildman–Crippen MR) is 105 cm³/mol. The largest absolute Gasteiger partial charge is 0.494 e. The third kappa shape index (κ3) is 5.78. The SMILES string of the molecule is COC(=O)c1cc(Br)ccc1NCCCCOc1ccc(C)c(C)c1. The molecule has 0 heterocycles. The molecule has 0 aromatic heterocycles. The predicted octanol–water partition coefficient (Wildman–Crippen LogP) is 5.12. The number of methoxy groups -OCH3 is 1. The summed E-state index contributed by atoms with van der Waals surface area (Å²) < 4.78 is 11.5. The highest BCUT2D eigenvalue weighted by Crippen LogP contribution is 2.22. The van der Waals surface area contributed by atoms with E-state index in [1.807, 2.05) is 18.2 Å². The summed E-state index contributed by atoms with van der Waals surface area (Å²) in [5.41, 5.74) is 3.82. The summed E-state index contributed by atoms with van der Waals surface area (Å²) >= 11 is 3.38. The maximum atomic E-state index is 11.8. The molecule has 1 N–H and O–H groups in total. The molecular weight excluding hydrogens is 382 g/mol. The van der Waals surface area contributed by atoms with Crippen molar-refractivity contribution in [2.24, 2.45) is 0 Å². The lowest BCUT2D eigenvalue weighted by molar-refractivity contribution is 0.0601. The Morgan fingerprint density at radius 1 is 1.08 bits per heavy atom. The van der Waals surface area contributed by atoms with Crippen molar-refractivity contribution >= 4 is 27.6 Å². The van der Waals surface area contributed by atoms with Gasteiger partial charge in [0.1, 0.15) is 5.75 Å². The molecule has 0 radical (unpaired) electrons. The number of anilines is 1. The molecule has 5 heteroatoms. The highest BCUT2D eigenvalue weighted by molar-refractivity contribution is 9.10. The van der Waals surface area contributed by atoms with Crippen LogP contribution in [0, 0.1) is 13.8 Å². The van der Waals surface area contributed by atoms with Crippen LogP contribution >= 0.6 is 15.9 Å². The van der Waals surface area contributed by atoms with Crippen LogP contribution in [0.2, 0.25) is 0 Å². The van der Waals surface area contributed by atoms with E-state index in [2.05, 4.69) is 47.2 Å². The number of esters is 1. The number of aryl methyl sites for hydroxylation is 2. The first-order valence-electron chi connectivity index (χ1n) is 8.33. The number of benzene rings is 2. The molecule has 25 heavy (non-hydrogen) atoms. The molecule has 0 fully saturated rings. The maximum absolute atomic E-state index is 11.8. The first-order valence-corrected chi connectivity index (χ1v) is 9.12. The van der Waals surface area contributed by atoms with Crippen LogP contribution in [0.15, 0.2) is 40.9 Å². The van der Waals surface area contributed by atoms with Crippen molar-refractivity contribution in [2.75, 3.05) is 25.6 Å². The summed E-state index contributed by atoms with van der Waals surface area (Å²) in [5, 5.41) is 3.29. The minimum Gasteiger partial charge on any atom is -0.494 e. The number of carbonyl (C=O) groups excluding carboxylic acids is 1. The molecule has 0 aliphatic heterocycles. The minimum atomic E-state index is -0.345. The number of halogens is 1. The zero-order chi connectivity index (χ0) is 18.2. The molecule has 0 amide bonds. The van der Waals surface area contributed by atoms with Gasteiger partial charge in [-0.05, 0) is 68.1 Å². The van der Waals surface area contributed by atoms with Crippen LogP contribution in [0.4, 0.5) is 5.69 Å². The van der Waals surface area contributed by atoms with Gasteiger partial charge in [-0.2, -0.15) is 0 Å². The van der Waals surface area contributed by atoms with E-state index in [9.17, 15) is 4.79 Å². The van der Waals surface area contributed by atoms with E-state index in [0.29, 0.717) is 12.2 Å². The van der Waals surface area contributed by atoms with E-state index < -0.39 is 0 Å². The first kappa shape index (κ1) is 19.3. The van der Waals surface area contributed by atoms with E-state index in [1.165, 1.54) is 18.2 Å². The number of hydrogen-bond acceptors (Lipinski definition) is 4. The number of carbonyl (C=O) groups is 1. The van der Waals surface area contributed by atoms with Crippen molar-refractivity contribution in [1.29, 1.82) is 0 Å². The summed E-state index contributed by atoms with van der Waals surface area (Å²) in [6, 6.07) is 11.7. The summed E-state index contributed by atoms with van der Waals surface area (Å²) in [6.07, 6.45) is 1.88. The molecule has 2 aromatic carbocycles. The van der Waals surface area contributed by atoms with Gasteiger partial charge in [0.05, 0.1) is 19.3 Å². The Morgan fingerprint density at radius 2 is 1.88 bits per heavy atom. The van der Waals surface area contributed by atoms with Gasteiger partial charge < -0.3 is 14.8 Å². The van der Waals surface area contributed by atoms with Crippen molar-refractivity contribution < 1.29 is 14.3 Å². The fraction of sp³-hybridized carbons (Fsp3) is 0.350. The molecule has 0 aliphatic rings. The second-order valence-electron chi connectivity index (χ2n) is 5.91. The van der Waals surface area contributed by atoms with Crippen molar-refractivity contribution in [1.82, 2.24) is 0 Å². The molecule has 0 aliphatic carbocycles. The molecule has 0 spiro atoms. The molecule has 134 valence electrons. The average molecular weight is 406 g/mol. The van der Waals surface area contributed by atoms with E-state index in [1.54, 1.807) is 6.07 Å². The molecule has 2 rings (SSSR count). The summed E-state index contributed by atoms with van der Waals surface area (Å²) in [6.45, 7) is 5.62. The monoisotopic (exact) mass is 405 g/mol. The van der Waals surface area contributed by atoms with Gasteiger partial charge in [0.15, 0.2) is 0 Å². The summed E-state index contributed by atoms with van der Waals surface area (Å²) in [4.78, 5) is 11.8. The van der Waals surface area contributed by atoms with Crippen molar-refractivity contribution in [2.45, 2.75) is 26.7 Å². The second kappa shape index (κ2) is 9.47. The topological polar surface area (TPSA) is 47.6 Å². The molecule has 0 bridgehead atoms. The molecule has 0 saturated carbocycles. The molecule has 0 unspecified atom stereocenters. The Bertz CT molecular complexity index is 731. The van der Waals surface area contributed by atoms with E-state index in [0.717, 1.165) is 35.3 Å². The fourth-order valence-electron chi connectivity index (χ4n) is 2.39. The lowest BCUT2D eigenvalue weighted by Crippen LogP contribution is -2.10. The van der Waals surface area contributed by atoms with Gasteiger partial charge in [-0.15, -0.1) is 0 Å². The first-order chi connectivity index (χ1) is 12.0. The van der Waals surface area contributed by atoms with Crippen LogP contribution in [-0.2, 0) is 4.74 Å². The van der Waals surface area contributed by atoms with Gasteiger partial charge in [-0.3, -0.25) is 0 Å². The maximum Gasteiger partial charge on any atom is 0.340 e. The Morgan fingerprint density at radius 3 is 2.60 bits per heavy atom. The molecule has 4 nitrogen and oxygen atoms in total. The van der Waals surface area contributed by atoms with Gasteiger partial charge in [-0.25, -0.2) is 4.79 Å². The zero-order valence-corrected chi connectivity index (χ0v) is 16.5. The molecule has 0 saturated heterocycles. The fourth-order valence-corrected chi connectivity index (χ4v) is 2.75. The Hall–Kier alpha value is -2.01. The van der Waals surface area contributed by atoms with Crippen LogP contribution in [0.1, 0.15) is 34.3 Å². The van der Waals surface area contributed by atoms with Crippen LogP contribution < -0.4 is 10.1 Å². The van der Waals surface area contributed by atoms with Crippen LogP contribution in [0.5, 0.6) is 5.75 Å². The van der Waals surface area contributed by atoms with Gasteiger partial charge in [0, 0.05) is 16.7 Å². The summed E-state index contributed by atoms with van der Waals surface area (Å²) in [5.74, 6) is 0.568. The summed E-state index contributed by atoms with van der Waals surface area (Å²) in [7, 11) is 1.39. The number of rotatable bonds is 8. The highest BCUT2D eigenvalue weighted by atomic mass is 79.9. The Labute approximate surface area is 157 Å². The lowest BCUT2D eigenvalue weighted by Gasteiger charge is -2.12. The Balaban J connectivity index is 1.76. The van der Waals surface area contributed by atoms with Gasteiger partial charge in [0.25, 0.3) is 0 Å². The smallest absolute Gasteiger partial charge is 0.340 e. The van der Waals surface area contributed by atoms with Crippen molar-refractivity contribution in [3.05, 3.63) is 57.6 Å². The second-order valence-corrected chi connectivity index (χ2v) is 6.83. The van der Waals surface area contributed by atoms with Crippen LogP contribution in [-0.4, -0.2) is 26.2 Å².